The summed E-state index contributed by atoms with van der Waals surface area (Å²) in [5.74, 6) is 0.266. The van der Waals surface area contributed by atoms with Gasteiger partial charge < -0.3 is 15.1 Å². The lowest BCUT2D eigenvalue weighted by Crippen LogP contribution is -3.12. The predicted molar refractivity (Wildman–Crippen MR) is 98.3 cm³/mol. The highest BCUT2D eigenvalue weighted by atomic mass is 32.2. The average Bonchev–Trinajstić information content (AvgIpc) is 2.53. The number of nitrogens with one attached hydrogen (secondary N) is 2. The highest BCUT2D eigenvalue weighted by Gasteiger charge is 2.19. The summed E-state index contributed by atoms with van der Waals surface area (Å²) < 4.78 is 0.806. The maximum Gasteiger partial charge on any atom is 0.221 e. The Morgan fingerprint density at radius 2 is 1.87 bits per heavy atom. The van der Waals surface area contributed by atoms with Crippen LogP contribution in [-0.2, 0) is 4.79 Å². The lowest BCUT2D eigenvalue weighted by molar-refractivity contribution is -0.883. The standard InChI is InChI=1S/C16H21N3O2S2/c1-12(20)17-14-5-3-13(4-6-14)15(21)11-23-16(22)19-9-7-18(2)8-10-19/h3-6H,7-11H2,1-2H3,(H,17,20)/p+1. The lowest BCUT2D eigenvalue weighted by Gasteiger charge is -2.31. The van der Waals surface area contributed by atoms with E-state index in [2.05, 4.69) is 17.3 Å². The molecule has 0 unspecified atom stereocenters. The van der Waals surface area contributed by atoms with Crippen molar-refractivity contribution in [3.63, 3.8) is 0 Å². The van der Waals surface area contributed by atoms with Crippen LogP contribution in [0.4, 0.5) is 5.69 Å². The third-order valence-electron chi connectivity index (χ3n) is 3.73. The number of anilines is 1. The first-order chi connectivity index (χ1) is 11.0. The zero-order chi connectivity index (χ0) is 16.8. The van der Waals surface area contributed by atoms with Crippen molar-refractivity contribution in [3.05, 3.63) is 29.8 Å². The van der Waals surface area contributed by atoms with Crippen molar-refractivity contribution in [3.8, 4) is 0 Å². The number of hydrogen-bond donors (Lipinski definition) is 2. The van der Waals surface area contributed by atoms with E-state index in [4.69, 9.17) is 12.2 Å². The number of rotatable bonds is 4. The van der Waals surface area contributed by atoms with E-state index < -0.39 is 0 Å². The van der Waals surface area contributed by atoms with Crippen molar-refractivity contribution in [1.82, 2.24) is 4.90 Å². The van der Waals surface area contributed by atoms with Gasteiger partial charge in [-0.1, -0.05) is 24.0 Å². The average molecular weight is 353 g/mol. The van der Waals surface area contributed by atoms with Crippen LogP contribution in [0.1, 0.15) is 17.3 Å². The molecule has 5 nitrogen and oxygen atoms in total. The molecule has 2 N–H and O–H groups in total. The zero-order valence-corrected chi connectivity index (χ0v) is 15.1. The second-order valence-corrected chi connectivity index (χ2v) is 7.29. The Labute approximate surface area is 146 Å². The van der Waals surface area contributed by atoms with Crippen molar-refractivity contribution in [1.29, 1.82) is 0 Å². The van der Waals surface area contributed by atoms with E-state index in [1.807, 2.05) is 0 Å². The van der Waals surface area contributed by atoms with E-state index >= 15 is 0 Å². The summed E-state index contributed by atoms with van der Waals surface area (Å²) in [6, 6.07) is 6.94. The maximum atomic E-state index is 12.2. The number of benzene rings is 1. The Kier molecular flexibility index (Phi) is 6.56. The van der Waals surface area contributed by atoms with E-state index in [0.29, 0.717) is 17.0 Å². The van der Waals surface area contributed by atoms with Gasteiger partial charge in [0, 0.05) is 18.2 Å². The molecule has 7 heteroatoms. The van der Waals surface area contributed by atoms with E-state index in [0.717, 1.165) is 30.5 Å². The first kappa shape index (κ1) is 17.9. The minimum absolute atomic E-state index is 0.0477. The van der Waals surface area contributed by atoms with Crippen LogP contribution in [0.15, 0.2) is 24.3 Å². The second-order valence-electron chi connectivity index (χ2n) is 5.68. The summed E-state index contributed by atoms with van der Waals surface area (Å²) in [7, 11) is 2.18. The van der Waals surface area contributed by atoms with Gasteiger partial charge in [-0.15, -0.1) is 0 Å². The molecule has 1 fully saturated rings. The van der Waals surface area contributed by atoms with Crippen molar-refractivity contribution < 1.29 is 14.5 Å². The predicted octanol–water partition coefficient (Wildman–Crippen LogP) is 0.676. The van der Waals surface area contributed by atoms with Gasteiger partial charge in [0.2, 0.25) is 5.91 Å². The van der Waals surface area contributed by atoms with E-state index in [9.17, 15) is 9.59 Å². The summed E-state index contributed by atoms with van der Waals surface area (Å²) in [4.78, 5) is 26.9. The Hall–Kier alpha value is -1.44. The van der Waals surface area contributed by atoms with Crippen LogP contribution < -0.4 is 10.2 Å². The molecule has 1 aromatic rings. The SMILES string of the molecule is CC(=O)Nc1ccc(C(=O)CSC(=S)N2CC[NH+](C)CC2)cc1. The molecular formula is C16H22N3O2S2+. The second kappa shape index (κ2) is 8.42. The molecule has 124 valence electrons. The van der Waals surface area contributed by atoms with Crippen molar-refractivity contribution in [2.75, 3.05) is 44.3 Å². The molecule has 1 aliphatic heterocycles. The van der Waals surface area contributed by atoms with Gasteiger partial charge >= 0.3 is 0 Å². The summed E-state index contributed by atoms with van der Waals surface area (Å²) in [6.45, 7) is 5.53. The molecule has 0 atom stereocenters. The number of quaternary nitrogens is 1. The first-order valence-corrected chi connectivity index (χ1v) is 8.99. The quantitative estimate of drug-likeness (QED) is 0.616. The molecule has 1 saturated heterocycles. The zero-order valence-electron chi connectivity index (χ0n) is 13.4. The number of carbonyl (C=O) groups is 2. The van der Waals surface area contributed by atoms with Crippen LogP contribution in [-0.4, -0.2) is 59.9 Å². The molecule has 0 bridgehead atoms. The number of hydrogen-bond acceptors (Lipinski definition) is 4. The first-order valence-electron chi connectivity index (χ1n) is 7.59. The molecule has 0 aromatic heterocycles. The summed E-state index contributed by atoms with van der Waals surface area (Å²) in [6.07, 6.45) is 0. The van der Waals surface area contributed by atoms with Gasteiger partial charge in [-0.05, 0) is 24.3 Å². The molecule has 0 saturated carbocycles. The summed E-state index contributed by atoms with van der Waals surface area (Å²) in [5, 5.41) is 2.68. The monoisotopic (exact) mass is 352 g/mol. The minimum Gasteiger partial charge on any atom is -0.346 e. The number of thioether (sulfide) groups is 1. The Morgan fingerprint density at radius 3 is 2.43 bits per heavy atom. The Morgan fingerprint density at radius 1 is 1.26 bits per heavy atom. The fourth-order valence-corrected chi connectivity index (χ4v) is 3.46. The molecule has 23 heavy (non-hydrogen) atoms. The number of Topliss-reactive ketones (excluding diaryl/α,β-unsaturated/α-hetero) is 1. The third kappa shape index (κ3) is 5.60. The normalized spacial score (nSPS) is 15.3. The van der Waals surface area contributed by atoms with E-state index in [1.54, 1.807) is 24.3 Å². The van der Waals surface area contributed by atoms with Crippen LogP contribution in [0.3, 0.4) is 0 Å². The van der Waals surface area contributed by atoms with Crippen molar-refractivity contribution in [2.45, 2.75) is 6.92 Å². The van der Waals surface area contributed by atoms with Crippen LogP contribution in [0.25, 0.3) is 0 Å². The number of piperazine rings is 1. The fourth-order valence-electron chi connectivity index (χ4n) is 2.32. The van der Waals surface area contributed by atoms with Crippen LogP contribution in [0, 0.1) is 0 Å². The number of amides is 1. The number of carbonyl (C=O) groups excluding carboxylic acids is 2. The van der Waals surface area contributed by atoms with Crippen LogP contribution >= 0.6 is 24.0 Å². The van der Waals surface area contributed by atoms with Gasteiger partial charge in [0.1, 0.15) is 4.32 Å². The van der Waals surface area contributed by atoms with Gasteiger partial charge in [-0.25, -0.2) is 0 Å². The van der Waals surface area contributed by atoms with Crippen molar-refractivity contribution >= 4 is 45.7 Å². The molecule has 2 rings (SSSR count). The molecule has 0 spiro atoms. The Balaban J connectivity index is 1.82. The van der Waals surface area contributed by atoms with Gasteiger partial charge in [0.25, 0.3) is 0 Å². The maximum absolute atomic E-state index is 12.2. The van der Waals surface area contributed by atoms with Gasteiger partial charge in [-0.3, -0.25) is 9.59 Å². The largest absolute Gasteiger partial charge is 0.346 e. The molecular weight excluding hydrogens is 330 g/mol. The van der Waals surface area contributed by atoms with Crippen LogP contribution in [0.2, 0.25) is 0 Å². The lowest BCUT2D eigenvalue weighted by atomic mass is 10.1. The number of nitrogens with zero attached hydrogens (tertiary/aromatic N) is 1. The summed E-state index contributed by atoms with van der Waals surface area (Å²) in [5.41, 5.74) is 1.33. The number of likely N-dealkylation sites (N-methyl/N-ethyl adjacent to an activating group) is 1. The van der Waals surface area contributed by atoms with Gasteiger partial charge in [0.15, 0.2) is 5.78 Å². The minimum atomic E-state index is -0.126. The molecule has 1 aromatic carbocycles. The molecule has 1 amide bonds. The highest BCUT2D eigenvalue weighted by Crippen LogP contribution is 2.15. The Bertz CT molecular complexity index is 581. The van der Waals surface area contributed by atoms with Gasteiger partial charge in [-0.2, -0.15) is 0 Å². The smallest absolute Gasteiger partial charge is 0.221 e. The molecule has 0 radical (unpaired) electrons. The fraction of sp³-hybridized carbons (Fsp3) is 0.438. The topological polar surface area (TPSA) is 53.9 Å². The third-order valence-corrected chi connectivity index (χ3v) is 5.25. The molecule has 1 heterocycles. The number of ketones is 1. The van der Waals surface area contributed by atoms with E-state index in [-0.39, 0.29) is 11.7 Å². The van der Waals surface area contributed by atoms with Gasteiger partial charge in [0.05, 0.1) is 39.0 Å². The molecule has 0 aliphatic carbocycles. The molecule has 1 aliphatic rings. The van der Waals surface area contributed by atoms with E-state index in [1.165, 1.54) is 23.6 Å². The highest BCUT2D eigenvalue weighted by molar-refractivity contribution is 8.23. The van der Waals surface area contributed by atoms with Crippen molar-refractivity contribution in [2.24, 2.45) is 0 Å². The number of thiocarbonyl (C=S) groups is 1. The summed E-state index contributed by atoms with van der Waals surface area (Å²) >= 11 is 6.86. The van der Waals surface area contributed by atoms with Crippen LogP contribution in [0.5, 0.6) is 0 Å².